The molecule has 0 saturated heterocycles. The third kappa shape index (κ3) is 2.80. The van der Waals surface area contributed by atoms with Gasteiger partial charge in [0.1, 0.15) is 10.6 Å². The largest absolute Gasteiger partial charge is 0.465 e. The van der Waals surface area contributed by atoms with E-state index in [1.165, 1.54) is 24.0 Å². The minimum atomic E-state index is -0.428. The van der Waals surface area contributed by atoms with Crippen molar-refractivity contribution in [3.8, 4) is 11.1 Å². The average molecular weight is 363 g/mol. The monoisotopic (exact) mass is 363 g/mol. The molecule has 4 rings (SSSR count). The number of anilines is 1. The van der Waals surface area contributed by atoms with Crippen molar-refractivity contribution in [3.63, 3.8) is 0 Å². The van der Waals surface area contributed by atoms with Crippen LogP contribution in [-0.2, 0) is 17.6 Å². The molecule has 0 bridgehead atoms. The second-order valence-corrected chi connectivity index (χ2v) is 7.18. The molecule has 26 heavy (non-hydrogen) atoms. The first-order valence-corrected chi connectivity index (χ1v) is 9.19. The van der Waals surface area contributed by atoms with E-state index in [4.69, 9.17) is 4.74 Å². The van der Waals surface area contributed by atoms with Gasteiger partial charge in [-0.1, -0.05) is 42.5 Å². The molecule has 0 saturated carbocycles. The van der Waals surface area contributed by atoms with Crippen LogP contribution in [0.15, 0.2) is 54.6 Å². The number of esters is 1. The Kier molecular flexibility index (Phi) is 4.31. The van der Waals surface area contributed by atoms with Gasteiger partial charge in [-0.3, -0.25) is 4.79 Å². The molecule has 1 amide bonds. The molecule has 4 nitrogen and oxygen atoms in total. The summed E-state index contributed by atoms with van der Waals surface area (Å²) in [6.45, 7) is 0. The summed E-state index contributed by atoms with van der Waals surface area (Å²) in [6, 6.07) is 17.1. The van der Waals surface area contributed by atoms with Gasteiger partial charge in [0.25, 0.3) is 5.91 Å². The van der Waals surface area contributed by atoms with Crippen molar-refractivity contribution in [1.29, 1.82) is 0 Å². The topological polar surface area (TPSA) is 55.4 Å². The van der Waals surface area contributed by atoms with Gasteiger partial charge in [-0.05, 0) is 36.1 Å². The van der Waals surface area contributed by atoms with E-state index in [1.807, 2.05) is 36.4 Å². The van der Waals surface area contributed by atoms with Crippen LogP contribution in [0.2, 0.25) is 0 Å². The Balaban J connectivity index is 1.81. The Morgan fingerprint density at radius 1 is 1.00 bits per heavy atom. The number of fused-ring (bicyclic) bond motifs is 3. The van der Waals surface area contributed by atoms with E-state index in [1.54, 1.807) is 12.1 Å². The quantitative estimate of drug-likeness (QED) is 0.695. The van der Waals surface area contributed by atoms with Crippen LogP contribution < -0.4 is 5.32 Å². The molecule has 2 aromatic carbocycles. The highest BCUT2D eigenvalue weighted by Crippen LogP contribution is 2.45. The van der Waals surface area contributed by atoms with Crippen molar-refractivity contribution >= 4 is 28.2 Å². The highest BCUT2D eigenvalue weighted by atomic mass is 32.1. The van der Waals surface area contributed by atoms with Crippen molar-refractivity contribution in [2.24, 2.45) is 0 Å². The number of ether oxygens (including phenoxy) is 1. The van der Waals surface area contributed by atoms with Gasteiger partial charge in [0.15, 0.2) is 0 Å². The van der Waals surface area contributed by atoms with Crippen LogP contribution in [0.3, 0.4) is 0 Å². The summed E-state index contributed by atoms with van der Waals surface area (Å²) in [7, 11) is 1.37. The van der Waals surface area contributed by atoms with Gasteiger partial charge in [-0.2, -0.15) is 0 Å². The molecule has 0 fully saturated rings. The Morgan fingerprint density at radius 3 is 2.50 bits per heavy atom. The summed E-state index contributed by atoms with van der Waals surface area (Å²) < 4.78 is 5.02. The third-order valence-electron chi connectivity index (χ3n) is 4.54. The van der Waals surface area contributed by atoms with E-state index in [9.17, 15) is 9.59 Å². The van der Waals surface area contributed by atoms with Crippen molar-refractivity contribution in [1.82, 2.24) is 0 Å². The standard InChI is InChI=1S/C21H17NO3S/c1-25-21(24)18-17-15-10-6-5-7-13(15)11-12-16(17)26-20(18)22-19(23)14-8-3-2-4-9-14/h2-10H,11-12H2,1H3,(H,22,23). The molecule has 0 unspecified atom stereocenters. The van der Waals surface area contributed by atoms with Gasteiger partial charge in [0, 0.05) is 16.0 Å². The molecule has 0 spiro atoms. The minimum absolute atomic E-state index is 0.234. The zero-order valence-corrected chi connectivity index (χ0v) is 15.1. The zero-order chi connectivity index (χ0) is 18.1. The first-order chi connectivity index (χ1) is 12.7. The molecule has 1 aromatic heterocycles. The Labute approximate surface area is 155 Å². The lowest BCUT2D eigenvalue weighted by Gasteiger charge is -2.17. The van der Waals surface area contributed by atoms with Crippen LogP contribution in [0, 0.1) is 0 Å². The van der Waals surface area contributed by atoms with Gasteiger partial charge >= 0.3 is 5.97 Å². The lowest BCUT2D eigenvalue weighted by Crippen LogP contribution is -2.14. The maximum absolute atomic E-state index is 12.6. The summed E-state index contributed by atoms with van der Waals surface area (Å²) in [6.07, 6.45) is 1.78. The first kappa shape index (κ1) is 16.5. The second-order valence-electron chi connectivity index (χ2n) is 6.07. The molecule has 0 radical (unpaired) electrons. The summed E-state index contributed by atoms with van der Waals surface area (Å²) >= 11 is 1.46. The maximum Gasteiger partial charge on any atom is 0.341 e. The predicted octanol–water partition coefficient (Wildman–Crippen LogP) is 4.55. The van der Waals surface area contributed by atoms with Crippen LogP contribution in [0.5, 0.6) is 0 Å². The molecule has 0 aliphatic heterocycles. The normalized spacial score (nSPS) is 12.0. The Morgan fingerprint density at radius 2 is 1.73 bits per heavy atom. The van der Waals surface area contributed by atoms with Gasteiger partial charge < -0.3 is 10.1 Å². The second kappa shape index (κ2) is 6.77. The van der Waals surface area contributed by atoms with Crippen LogP contribution in [0.25, 0.3) is 11.1 Å². The van der Waals surface area contributed by atoms with Crippen molar-refractivity contribution in [2.75, 3.05) is 12.4 Å². The van der Waals surface area contributed by atoms with E-state index >= 15 is 0 Å². The molecule has 130 valence electrons. The number of hydrogen-bond acceptors (Lipinski definition) is 4. The van der Waals surface area contributed by atoms with Crippen LogP contribution in [-0.4, -0.2) is 19.0 Å². The van der Waals surface area contributed by atoms with Gasteiger partial charge in [0.2, 0.25) is 0 Å². The minimum Gasteiger partial charge on any atom is -0.465 e. The fourth-order valence-electron chi connectivity index (χ4n) is 3.32. The molecule has 1 aliphatic rings. The maximum atomic E-state index is 12.6. The van der Waals surface area contributed by atoms with E-state index in [0.717, 1.165) is 28.8 Å². The number of methoxy groups -OCH3 is 1. The number of carbonyl (C=O) groups is 2. The smallest absolute Gasteiger partial charge is 0.341 e. The van der Waals surface area contributed by atoms with E-state index in [-0.39, 0.29) is 5.91 Å². The van der Waals surface area contributed by atoms with E-state index in [0.29, 0.717) is 16.1 Å². The fourth-order valence-corrected chi connectivity index (χ4v) is 4.51. The molecular formula is C21H17NO3S. The molecule has 1 heterocycles. The van der Waals surface area contributed by atoms with Crippen molar-refractivity contribution < 1.29 is 14.3 Å². The number of benzene rings is 2. The number of amides is 1. The Hall–Kier alpha value is -2.92. The average Bonchev–Trinajstić information content (AvgIpc) is 3.06. The Bertz CT molecular complexity index is 992. The molecule has 1 aliphatic carbocycles. The first-order valence-electron chi connectivity index (χ1n) is 8.37. The number of thiophene rings is 1. The van der Waals surface area contributed by atoms with E-state index < -0.39 is 5.97 Å². The molecular weight excluding hydrogens is 346 g/mol. The molecule has 3 aromatic rings. The third-order valence-corrected chi connectivity index (χ3v) is 5.71. The van der Waals surface area contributed by atoms with Gasteiger partial charge in [-0.25, -0.2) is 4.79 Å². The lowest BCUT2D eigenvalue weighted by molar-refractivity contribution is 0.0603. The predicted molar refractivity (Wildman–Crippen MR) is 103 cm³/mol. The summed E-state index contributed by atoms with van der Waals surface area (Å²) in [5.41, 5.74) is 4.15. The molecule has 5 heteroatoms. The van der Waals surface area contributed by atoms with Crippen molar-refractivity contribution in [2.45, 2.75) is 12.8 Å². The number of nitrogens with one attached hydrogen (secondary N) is 1. The molecule has 1 N–H and O–H groups in total. The highest BCUT2D eigenvalue weighted by molar-refractivity contribution is 7.17. The van der Waals surface area contributed by atoms with Crippen LogP contribution in [0.4, 0.5) is 5.00 Å². The summed E-state index contributed by atoms with van der Waals surface area (Å²) in [5, 5.41) is 3.46. The zero-order valence-electron chi connectivity index (χ0n) is 14.2. The van der Waals surface area contributed by atoms with Gasteiger partial charge in [0.05, 0.1) is 7.11 Å². The van der Waals surface area contributed by atoms with Crippen LogP contribution >= 0.6 is 11.3 Å². The number of rotatable bonds is 3. The van der Waals surface area contributed by atoms with Gasteiger partial charge in [-0.15, -0.1) is 11.3 Å². The SMILES string of the molecule is COC(=O)c1c(NC(=O)c2ccccc2)sc2c1-c1ccccc1CC2. The van der Waals surface area contributed by atoms with E-state index in [2.05, 4.69) is 11.4 Å². The van der Waals surface area contributed by atoms with Crippen LogP contribution in [0.1, 0.15) is 31.2 Å². The highest BCUT2D eigenvalue weighted by Gasteiger charge is 2.29. The number of carbonyl (C=O) groups excluding carboxylic acids is 2. The number of hydrogen-bond donors (Lipinski definition) is 1. The molecule has 0 atom stereocenters. The lowest BCUT2D eigenvalue weighted by atomic mass is 9.88. The summed E-state index contributed by atoms with van der Waals surface area (Å²) in [5.74, 6) is -0.662. The van der Waals surface area contributed by atoms with Crippen molar-refractivity contribution in [3.05, 3.63) is 76.2 Å². The summed E-state index contributed by atoms with van der Waals surface area (Å²) in [4.78, 5) is 26.2. The fraction of sp³-hybridized carbons (Fsp3) is 0.143. The number of aryl methyl sites for hydroxylation is 2.